The van der Waals surface area contributed by atoms with Crippen LogP contribution in [0.3, 0.4) is 0 Å². The topological polar surface area (TPSA) is 59.7 Å². The summed E-state index contributed by atoms with van der Waals surface area (Å²) in [6, 6.07) is 10.6. The largest absolute Gasteiger partial charge is 0.508 e. The molecule has 1 heterocycles. The standard InChI is InChI=1S/C20H16O4/c1-12-16-10-11-18(21)13(2)19(16)24-20(22)17(12)9-6-14-4-7-15(23-3)8-5-14/h4-5,7-8,10-11,21H,1-3H3. The molecule has 0 aliphatic carbocycles. The second-order valence-corrected chi connectivity index (χ2v) is 5.45. The van der Waals surface area contributed by atoms with Crippen LogP contribution in [0.5, 0.6) is 11.5 Å². The van der Waals surface area contributed by atoms with Crippen LogP contribution < -0.4 is 10.4 Å². The van der Waals surface area contributed by atoms with E-state index in [1.165, 1.54) is 0 Å². The molecule has 120 valence electrons. The third kappa shape index (κ3) is 2.72. The molecular weight excluding hydrogens is 304 g/mol. The summed E-state index contributed by atoms with van der Waals surface area (Å²) in [7, 11) is 1.60. The number of fused-ring (bicyclic) bond motifs is 1. The lowest BCUT2D eigenvalue weighted by Gasteiger charge is -2.06. The monoisotopic (exact) mass is 320 g/mol. The Morgan fingerprint density at radius 1 is 1.00 bits per heavy atom. The summed E-state index contributed by atoms with van der Waals surface area (Å²) in [5.74, 6) is 6.72. The second kappa shape index (κ2) is 6.13. The van der Waals surface area contributed by atoms with E-state index in [4.69, 9.17) is 9.15 Å². The summed E-state index contributed by atoms with van der Waals surface area (Å²) >= 11 is 0. The minimum atomic E-state index is -0.505. The van der Waals surface area contributed by atoms with Crippen LogP contribution in [0.15, 0.2) is 45.6 Å². The minimum Gasteiger partial charge on any atom is -0.508 e. The predicted octanol–water partition coefficient (Wildman–Crippen LogP) is 3.52. The smallest absolute Gasteiger partial charge is 0.352 e. The summed E-state index contributed by atoms with van der Waals surface area (Å²) in [5, 5.41) is 10.5. The molecule has 0 spiro atoms. The Balaban J connectivity index is 2.12. The summed E-state index contributed by atoms with van der Waals surface area (Å²) in [4.78, 5) is 12.3. The highest BCUT2D eigenvalue weighted by atomic mass is 16.5. The average Bonchev–Trinajstić information content (AvgIpc) is 2.59. The number of rotatable bonds is 1. The second-order valence-electron chi connectivity index (χ2n) is 5.45. The van der Waals surface area contributed by atoms with Gasteiger partial charge in [0.2, 0.25) is 0 Å². The van der Waals surface area contributed by atoms with Crippen molar-refractivity contribution in [2.24, 2.45) is 0 Å². The summed E-state index contributed by atoms with van der Waals surface area (Å²) in [6.45, 7) is 3.54. The van der Waals surface area contributed by atoms with Crippen LogP contribution in [0.2, 0.25) is 0 Å². The van der Waals surface area contributed by atoms with Gasteiger partial charge in [0, 0.05) is 16.5 Å². The number of phenolic OH excluding ortho intramolecular Hbond substituents is 1. The third-order valence-electron chi connectivity index (χ3n) is 3.98. The first kappa shape index (κ1) is 15.7. The van der Waals surface area contributed by atoms with Gasteiger partial charge in [0.05, 0.1) is 7.11 Å². The molecular formula is C20H16O4. The van der Waals surface area contributed by atoms with Gasteiger partial charge in [-0.25, -0.2) is 4.79 Å². The number of methoxy groups -OCH3 is 1. The number of benzene rings is 2. The number of aromatic hydroxyl groups is 1. The van der Waals surface area contributed by atoms with Gasteiger partial charge in [0.15, 0.2) is 0 Å². The molecule has 0 aliphatic rings. The van der Waals surface area contributed by atoms with Crippen molar-refractivity contribution in [3.8, 4) is 23.3 Å². The minimum absolute atomic E-state index is 0.0992. The van der Waals surface area contributed by atoms with Gasteiger partial charge in [-0.3, -0.25) is 0 Å². The van der Waals surface area contributed by atoms with E-state index in [9.17, 15) is 9.90 Å². The molecule has 4 heteroatoms. The van der Waals surface area contributed by atoms with Crippen molar-refractivity contribution in [2.75, 3.05) is 7.11 Å². The van der Waals surface area contributed by atoms with Crippen molar-refractivity contribution in [1.29, 1.82) is 0 Å². The van der Waals surface area contributed by atoms with Gasteiger partial charge in [0.1, 0.15) is 22.6 Å². The molecule has 0 amide bonds. The van der Waals surface area contributed by atoms with Crippen LogP contribution in [0.25, 0.3) is 11.0 Å². The first-order valence-electron chi connectivity index (χ1n) is 7.43. The van der Waals surface area contributed by atoms with E-state index >= 15 is 0 Å². The van der Waals surface area contributed by atoms with Gasteiger partial charge in [-0.05, 0) is 55.8 Å². The number of hydrogen-bond acceptors (Lipinski definition) is 4. The third-order valence-corrected chi connectivity index (χ3v) is 3.98. The molecule has 24 heavy (non-hydrogen) atoms. The summed E-state index contributed by atoms with van der Waals surface area (Å²) < 4.78 is 10.5. The number of phenols is 1. The molecule has 2 aromatic carbocycles. The van der Waals surface area contributed by atoms with E-state index in [0.717, 1.165) is 22.3 Å². The number of hydrogen-bond donors (Lipinski definition) is 1. The van der Waals surface area contributed by atoms with Gasteiger partial charge >= 0.3 is 5.63 Å². The maximum absolute atomic E-state index is 12.3. The maximum atomic E-state index is 12.3. The van der Waals surface area contributed by atoms with Crippen molar-refractivity contribution in [1.82, 2.24) is 0 Å². The van der Waals surface area contributed by atoms with Crippen molar-refractivity contribution >= 4 is 11.0 Å². The zero-order chi connectivity index (χ0) is 17.3. The fourth-order valence-corrected chi connectivity index (χ4v) is 2.49. The zero-order valence-corrected chi connectivity index (χ0v) is 13.6. The zero-order valence-electron chi connectivity index (χ0n) is 13.6. The van der Waals surface area contributed by atoms with Crippen molar-refractivity contribution in [2.45, 2.75) is 13.8 Å². The van der Waals surface area contributed by atoms with E-state index < -0.39 is 5.63 Å². The van der Waals surface area contributed by atoms with Gasteiger partial charge in [-0.2, -0.15) is 0 Å². The fraction of sp³-hybridized carbons (Fsp3) is 0.150. The average molecular weight is 320 g/mol. The fourth-order valence-electron chi connectivity index (χ4n) is 2.49. The van der Waals surface area contributed by atoms with Crippen LogP contribution in [0.1, 0.15) is 22.3 Å². The van der Waals surface area contributed by atoms with E-state index in [1.54, 1.807) is 26.2 Å². The molecule has 0 saturated heterocycles. The van der Waals surface area contributed by atoms with E-state index in [1.807, 2.05) is 31.2 Å². The van der Waals surface area contributed by atoms with Gasteiger partial charge in [-0.1, -0.05) is 11.8 Å². The Morgan fingerprint density at radius 3 is 2.38 bits per heavy atom. The molecule has 0 radical (unpaired) electrons. The lowest BCUT2D eigenvalue weighted by Crippen LogP contribution is -2.07. The Morgan fingerprint density at radius 2 is 1.71 bits per heavy atom. The molecule has 0 bridgehead atoms. The Labute approximate surface area is 139 Å². The highest BCUT2D eigenvalue weighted by molar-refractivity contribution is 5.86. The lowest BCUT2D eigenvalue weighted by atomic mass is 10.0. The number of ether oxygens (including phenoxy) is 1. The molecule has 3 aromatic rings. The van der Waals surface area contributed by atoms with Gasteiger partial charge in [0.25, 0.3) is 0 Å². The summed E-state index contributed by atoms with van der Waals surface area (Å²) in [6.07, 6.45) is 0. The van der Waals surface area contributed by atoms with Crippen LogP contribution in [0, 0.1) is 25.7 Å². The van der Waals surface area contributed by atoms with E-state index in [-0.39, 0.29) is 5.75 Å². The van der Waals surface area contributed by atoms with E-state index in [0.29, 0.717) is 16.7 Å². The predicted molar refractivity (Wildman–Crippen MR) is 92.6 cm³/mol. The van der Waals surface area contributed by atoms with Crippen molar-refractivity contribution in [3.63, 3.8) is 0 Å². The quantitative estimate of drug-likeness (QED) is 0.550. The molecule has 0 unspecified atom stereocenters. The molecule has 0 atom stereocenters. The Bertz CT molecular complexity index is 1030. The van der Waals surface area contributed by atoms with Crippen LogP contribution in [-0.4, -0.2) is 12.2 Å². The maximum Gasteiger partial charge on any atom is 0.352 e. The van der Waals surface area contributed by atoms with Crippen LogP contribution in [-0.2, 0) is 0 Å². The molecule has 1 aromatic heterocycles. The molecule has 0 aliphatic heterocycles. The molecule has 1 N–H and O–H groups in total. The summed E-state index contributed by atoms with van der Waals surface area (Å²) in [5.41, 5.74) is 2.27. The molecule has 4 nitrogen and oxygen atoms in total. The molecule has 3 rings (SSSR count). The highest BCUT2D eigenvalue weighted by Gasteiger charge is 2.13. The van der Waals surface area contributed by atoms with Gasteiger partial charge < -0.3 is 14.3 Å². The first-order chi connectivity index (χ1) is 11.5. The molecule has 0 fully saturated rings. The first-order valence-corrected chi connectivity index (χ1v) is 7.43. The number of aryl methyl sites for hydroxylation is 2. The van der Waals surface area contributed by atoms with Gasteiger partial charge in [-0.15, -0.1) is 0 Å². The van der Waals surface area contributed by atoms with Crippen LogP contribution in [0.4, 0.5) is 0 Å². The Hall–Kier alpha value is -3.19. The highest BCUT2D eigenvalue weighted by Crippen LogP contribution is 2.28. The van der Waals surface area contributed by atoms with E-state index in [2.05, 4.69) is 11.8 Å². The van der Waals surface area contributed by atoms with Crippen LogP contribution >= 0.6 is 0 Å². The lowest BCUT2D eigenvalue weighted by molar-refractivity contribution is 0.415. The normalized spacial score (nSPS) is 10.3. The van der Waals surface area contributed by atoms with Crippen molar-refractivity contribution in [3.05, 3.63) is 69.1 Å². The SMILES string of the molecule is COc1ccc(C#Cc2c(C)c3ccc(O)c(C)c3oc2=O)cc1. The van der Waals surface area contributed by atoms with Crippen molar-refractivity contribution < 1.29 is 14.3 Å². The molecule has 0 saturated carbocycles. The Kier molecular flexibility index (Phi) is 4.01.